The first-order valence-electron chi connectivity index (χ1n) is 11.0. The lowest BCUT2D eigenvalue weighted by atomic mass is 9.86. The molecule has 2 aromatic carbocycles. The summed E-state index contributed by atoms with van der Waals surface area (Å²) < 4.78 is 5.98. The number of pyridine rings is 1. The summed E-state index contributed by atoms with van der Waals surface area (Å²) >= 11 is 0. The predicted molar refractivity (Wildman–Crippen MR) is 123 cm³/mol. The lowest BCUT2D eigenvalue weighted by Gasteiger charge is -2.27. The second-order valence-corrected chi connectivity index (χ2v) is 8.57. The van der Waals surface area contributed by atoms with E-state index in [-0.39, 0.29) is 5.91 Å². The van der Waals surface area contributed by atoms with Crippen LogP contribution in [0.25, 0.3) is 10.9 Å². The standard InChI is InChI=1S/C25H24N4O4/c1-15-13-16(19-5-2-3-7-21(19)26-15)14-33-18-10-8-17(9-11-18)27-22(30)20-6-4-12-25(20)23(31)28-24(32)29-25/h2-3,5,7-11,13,20H,4,6,12,14H2,1H3,(H,27,30)(H2,28,29,31,32)/t20-,25-/m1/s1. The van der Waals surface area contributed by atoms with Gasteiger partial charge in [-0.05, 0) is 62.6 Å². The van der Waals surface area contributed by atoms with Crippen LogP contribution < -0.4 is 20.7 Å². The topological polar surface area (TPSA) is 109 Å². The molecule has 2 fully saturated rings. The zero-order valence-corrected chi connectivity index (χ0v) is 18.2. The van der Waals surface area contributed by atoms with E-state index in [4.69, 9.17) is 4.74 Å². The fraction of sp³-hybridized carbons (Fsp3) is 0.280. The molecule has 1 saturated carbocycles. The molecule has 1 aromatic heterocycles. The number of amides is 4. The third-order valence-electron chi connectivity index (χ3n) is 6.39. The lowest BCUT2D eigenvalue weighted by molar-refractivity contribution is -0.131. The molecule has 3 N–H and O–H groups in total. The Morgan fingerprint density at radius 2 is 1.97 bits per heavy atom. The van der Waals surface area contributed by atoms with Crippen molar-refractivity contribution in [2.24, 2.45) is 5.92 Å². The van der Waals surface area contributed by atoms with Gasteiger partial charge in [0.15, 0.2) is 0 Å². The number of carbonyl (C=O) groups is 3. The number of rotatable bonds is 5. The third kappa shape index (κ3) is 3.88. The summed E-state index contributed by atoms with van der Waals surface area (Å²) in [6, 6.07) is 16.5. The number of nitrogens with one attached hydrogen (secondary N) is 3. The van der Waals surface area contributed by atoms with E-state index in [0.717, 1.165) is 22.2 Å². The molecule has 4 amide bonds. The summed E-state index contributed by atoms with van der Waals surface area (Å²) in [6.07, 6.45) is 1.69. The first-order valence-corrected chi connectivity index (χ1v) is 11.0. The van der Waals surface area contributed by atoms with Crippen LogP contribution in [-0.2, 0) is 16.2 Å². The summed E-state index contributed by atoms with van der Waals surface area (Å²) in [5.74, 6) is -0.639. The molecule has 1 saturated heterocycles. The summed E-state index contributed by atoms with van der Waals surface area (Å²) in [7, 11) is 0. The Balaban J connectivity index is 1.25. The molecule has 0 bridgehead atoms. The monoisotopic (exact) mass is 444 g/mol. The minimum Gasteiger partial charge on any atom is -0.489 e. The number of carbonyl (C=O) groups excluding carboxylic acids is 3. The molecular weight excluding hydrogens is 420 g/mol. The van der Waals surface area contributed by atoms with Gasteiger partial charge >= 0.3 is 6.03 Å². The van der Waals surface area contributed by atoms with Crippen molar-refractivity contribution in [3.63, 3.8) is 0 Å². The van der Waals surface area contributed by atoms with Crippen molar-refractivity contribution < 1.29 is 19.1 Å². The largest absolute Gasteiger partial charge is 0.489 e. The number of hydrogen-bond acceptors (Lipinski definition) is 5. The molecular formula is C25H24N4O4. The van der Waals surface area contributed by atoms with Gasteiger partial charge in [0, 0.05) is 22.3 Å². The van der Waals surface area contributed by atoms with E-state index in [2.05, 4.69) is 20.9 Å². The number of nitrogens with zero attached hydrogens (tertiary/aromatic N) is 1. The van der Waals surface area contributed by atoms with Crippen molar-refractivity contribution in [2.75, 3.05) is 5.32 Å². The Bertz CT molecular complexity index is 1260. The Morgan fingerprint density at radius 3 is 2.73 bits per heavy atom. The van der Waals surface area contributed by atoms with Gasteiger partial charge in [-0.1, -0.05) is 18.2 Å². The zero-order valence-electron chi connectivity index (χ0n) is 18.2. The molecule has 0 unspecified atom stereocenters. The van der Waals surface area contributed by atoms with Gasteiger partial charge in [-0.15, -0.1) is 0 Å². The number of aromatic nitrogens is 1. The summed E-state index contributed by atoms with van der Waals surface area (Å²) in [4.78, 5) is 41.4. The number of urea groups is 1. The summed E-state index contributed by atoms with van der Waals surface area (Å²) in [5.41, 5.74) is 2.38. The second kappa shape index (κ2) is 8.20. The van der Waals surface area contributed by atoms with Crippen LogP contribution in [0.4, 0.5) is 10.5 Å². The van der Waals surface area contributed by atoms with Gasteiger partial charge in [0.1, 0.15) is 17.9 Å². The molecule has 2 heterocycles. The molecule has 33 heavy (non-hydrogen) atoms. The number of benzene rings is 2. The number of fused-ring (bicyclic) bond motifs is 1. The molecule has 2 aliphatic rings. The van der Waals surface area contributed by atoms with Crippen LogP contribution in [-0.4, -0.2) is 28.4 Å². The van der Waals surface area contributed by atoms with Crippen LogP contribution in [0.15, 0.2) is 54.6 Å². The maximum Gasteiger partial charge on any atom is 0.322 e. The van der Waals surface area contributed by atoms with Crippen molar-refractivity contribution in [1.29, 1.82) is 0 Å². The number of anilines is 1. The highest BCUT2D eigenvalue weighted by Gasteiger charge is 2.57. The molecule has 8 heteroatoms. The molecule has 168 valence electrons. The molecule has 5 rings (SSSR count). The fourth-order valence-corrected chi connectivity index (χ4v) is 4.83. The van der Waals surface area contributed by atoms with Gasteiger partial charge in [-0.3, -0.25) is 19.9 Å². The van der Waals surface area contributed by atoms with Crippen LogP contribution in [0.2, 0.25) is 0 Å². The average molecular weight is 444 g/mol. The van der Waals surface area contributed by atoms with E-state index in [9.17, 15) is 14.4 Å². The van der Waals surface area contributed by atoms with Gasteiger partial charge in [-0.2, -0.15) is 0 Å². The first-order chi connectivity index (χ1) is 15.9. The predicted octanol–water partition coefficient (Wildman–Crippen LogP) is 3.44. The molecule has 3 aromatic rings. The van der Waals surface area contributed by atoms with Crippen molar-refractivity contribution >= 4 is 34.4 Å². The number of para-hydroxylation sites is 1. The second-order valence-electron chi connectivity index (χ2n) is 8.57. The summed E-state index contributed by atoms with van der Waals surface area (Å²) in [6.45, 7) is 2.36. The van der Waals surface area contributed by atoms with E-state index in [1.165, 1.54) is 0 Å². The fourth-order valence-electron chi connectivity index (χ4n) is 4.83. The minimum atomic E-state index is -1.14. The highest BCUT2D eigenvalue weighted by atomic mass is 16.5. The first kappa shape index (κ1) is 20.9. The van der Waals surface area contributed by atoms with Crippen LogP contribution in [0.5, 0.6) is 5.75 Å². The summed E-state index contributed by atoms with van der Waals surface area (Å²) in [5, 5.41) is 8.85. The van der Waals surface area contributed by atoms with E-state index in [0.29, 0.717) is 37.3 Å². The molecule has 0 radical (unpaired) electrons. The quantitative estimate of drug-likeness (QED) is 0.523. The molecule has 8 nitrogen and oxygen atoms in total. The SMILES string of the molecule is Cc1cc(COc2ccc(NC(=O)[C@H]3CCC[C@@]34NC(=O)NC4=O)cc2)c2ccccc2n1. The maximum absolute atomic E-state index is 12.9. The third-order valence-corrected chi connectivity index (χ3v) is 6.39. The smallest absolute Gasteiger partial charge is 0.322 e. The minimum absolute atomic E-state index is 0.280. The van der Waals surface area contributed by atoms with Crippen molar-refractivity contribution in [2.45, 2.75) is 38.3 Å². The lowest BCUT2D eigenvalue weighted by Crippen LogP contribution is -2.53. The van der Waals surface area contributed by atoms with E-state index in [1.807, 2.05) is 37.3 Å². The molecule has 1 aliphatic heterocycles. The van der Waals surface area contributed by atoms with Gasteiger partial charge in [0.05, 0.1) is 11.4 Å². The van der Waals surface area contributed by atoms with Crippen molar-refractivity contribution in [3.05, 3.63) is 65.9 Å². The van der Waals surface area contributed by atoms with Gasteiger partial charge in [-0.25, -0.2) is 4.79 Å². The van der Waals surface area contributed by atoms with Gasteiger partial charge < -0.3 is 15.4 Å². The Hall–Kier alpha value is -3.94. The van der Waals surface area contributed by atoms with Crippen molar-refractivity contribution in [1.82, 2.24) is 15.6 Å². The average Bonchev–Trinajstić information content (AvgIpc) is 3.35. The number of hydrogen-bond donors (Lipinski definition) is 3. The highest BCUT2D eigenvalue weighted by molar-refractivity contribution is 6.11. The molecule has 1 aliphatic carbocycles. The molecule has 1 spiro atoms. The van der Waals surface area contributed by atoms with Crippen LogP contribution in [0, 0.1) is 12.8 Å². The van der Waals surface area contributed by atoms with E-state index in [1.54, 1.807) is 24.3 Å². The highest BCUT2D eigenvalue weighted by Crippen LogP contribution is 2.38. The Morgan fingerprint density at radius 1 is 1.18 bits per heavy atom. The normalized spacial score (nSPS) is 21.8. The van der Waals surface area contributed by atoms with Crippen molar-refractivity contribution in [3.8, 4) is 5.75 Å². The zero-order chi connectivity index (χ0) is 23.0. The van der Waals surface area contributed by atoms with Gasteiger partial charge in [0.2, 0.25) is 5.91 Å². The van der Waals surface area contributed by atoms with Crippen LogP contribution in [0.3, 0.4) is 0 Å². The van der Waals surface area contributed by atoms with Crippen LogP contribution in [0.1, 0.15) is 30.5 Å². The number of aryl methyl sites for hydroxylation is 1. The van der Waals surface area contributed by atoms with Gasteiger partial charge in [0.25, 0.3) is 5.91 Å². The maximum atomic E-state index is 12.9. The van der Waals surface area contributed by atoms with Crippen LogP contribution >= 0.6 is 0 Å². The number of ether oxygens (including phenoxy) is 1. The Labute approximate surface area is 190 Å². The van der Waals surface area contributed by atoms with E-state index >= 15 is 0 Å². The van der Waals surface area contributed by atoms with E-state index < -0.39 is 23.4 Å². The number of imide groups is 1. The Kier molecular flexibility index (Phi) is 5.20. The molecule has 2 atom stereocenters.